The maximum atomic E-state index is 12.3. The minimum absolute atomic E-state index is 0.157. The maximum absolute atomic E-state index is 12.3. The third-order valence-electron chi connectivity index (χ3n) is 2.95. The number of rotatable bonds is 3. The fourth-order valence-electron chi connectivity index (χ4n) is 1.92. The summed E-state index contributed by atoms with van der Waals surface area (Å²) >= 11 is 8.42. The second-order valence-corrected chi connectivity index (χ2v) is 7.29. The van der Waals surface area contributed by atoms with Gasteiger partial charge in [-0.3, -0.25) is 4.79 Å². The van der Waals surface area contributed by atoms with Gasteiger partial charge in [-0.25, -0.2) is 4.79 Å². The normalized spacial score (nSPS) is 18.1. The van der Waals surface area contributed by atoms with Crippen LogP contribution in [0.25, 0.3) is 0 Å². The molecule has 1 aromatic rings. The van der Waals surface area contributed by atoms with Crippen LogP contribution < -0.4 is 10.6 Å². The van der Waals surface area contributed by atoms with E-state index in [-0.39, 0.29) is 11.9 Å². The Morgan fingerprint density at radius 3 is 2.81 bits per heavy atom. The van der Waals surface area contributed by atoms with E-state index in [1.54, 1.807) is 23.9 Å². The lowest BCUT2D eigenvalue weighted by Crippen LogP contribution is -2.46. The molecule has 2 rings (SSSR count). The molecule has 1 saturated heterocycles. The highest BCUT2D eigenvalue weighted by atomic mass is 79.9. The molecule has 5 nitrogen and oxygen atoms in total. The van der Waals surface area contributed by atoms with Crippen molar-refractivity contribution in [2.75, 3.05) is 30.5 Å². The lowest BCUT2D eigenvalue weighted by Gasteiger charge is -2.23. The minimum atomic E-state index is -0.502. The molecule has 1 aliphatic rings. The number of amides is 1. The number of carbonyl (C=O) groups is 2. The first-order chi connectivity index (χ1) is 10.0. The number of methoxy groups -OCH3 is 1. The van der Waals surface area contributed by atoms with Crippen molar-refractivity contribution in [3.63, 3.8) is 0 Å². The van der Waals surface area contributed by atoms with E-state index < -0.39 is 5.97 Å². The highest BCUT2D eigenvalue weighted by Gasteiger charge is 2.24. The van der Waals surface area contributed by atoms with Gasteiger partial charge in [-0.1, -0.05) is 15.9 Å². The van der Waals surface area contributed by atoms with Crippen LogP contribution in [0.2, 0.25) is 0 Å². The molecule has 1 aromatic carbocycles. The molecular formula is C13H14Br2N2O3S. The average Bonchev–Trinajstić information content (AvgIpc) is 2.49. The molecule has 0 aromatic heterocycles. The summed E-state index contributed by atoms with van der Waals surface area (Å²) in [6.45, 7) is 0.800. The summed E-state index contributed by atoms with van der Waals surface area (Å²) in [6, 6.07) is 3.13. The summed E-state index contributed by atoms with van der Waals surface area (Å²) in [6.07, 6.45) is 0. The Morgan fingerprint density at radius 2 is 2.19 bits per heavy atom. The van der Waals surface area contributed by atoms with Crippen LogP contribution in [0.15, 0.2) is 21.1 Å². The number of nitrogens with one attached hydrogen (secondary N) is 2. The summed E-state index contributed by atoms with van der Waals surface area (Å²) < 4.78 is 6.10. The van der Waals surface area contributed by atoms with Crippen LogP contribution in [-0.4, -0.2) is 43.1 Å². The number of benzene rings is 1. The first kappa shape index (κ1) is 16.8. The monoisotopic (exact) mass is 436 g/mol. The number of halogens is 2. The zero-order chi connectivity index (χ0) is 15.4. The number of hydrogen-bond acceptors (Lipinski definition) is 5. The van der Waals surface area contributed by atoms with E-state index in [0.29, 0.717) is 21.5 Å². The Morgan fingerprint density at radius 1 is 1.43 bits per heavy atom. The van der Waals surface area contributed by atoms with Crippen molar-refractivity contribution >= 4 is 61.2 Å². The number of carbonyl (C=O) groups excluding carboxylic acids is 2. The molecule has 1 unspecified atom stereocenters. The van der Waals surface area contributed by atoms with E-state index in [1.807, 2.05) is 0 Å². The molecule has 0 spiro atoms. The number of ether oxygens (including phenoxy) is 1. The quantitative estimate of drug-likeness (QED) is 0.711. The Hall–Kier alpha value is -0.570. The summed E-state index contributed by atoms with van der Waals surface area (Å²) in [5.41, 5.74) is 0.725. The fourth-order valence-corrected chi connectivity index (χ4v) is 4.17. The molecule has 0 bridgehead atoms. The third-order valence-corrected chi connectivity index (χ3v) is 5.09. The van der Waals surface area contributed by atoms with Crippen LogP contribution in [-0.2, 0) is 9.53 Å². The van der Waals surface area contributed by atoms with Crippen LogP contribution >= 0.6 is 43.6 Å². The van der Waals surface area contributed by atoms with E-state index in [2.05, 4.69) is 42.5 Å². The maximum Gasteiger partial charge on any atom is 0.340 e. The van der Waals surface area contributed by atoms with Gasteiger partial charge in [0.25, 0.3) is 0 Å². The lowest BCUT2D eigenvalue weighted by molar-refractivity contribution is -0.117. The topological polar surface area (TPSA) is 67.4 Å². The predicted octanol–water partition coefficient (Wildman–Crippen LogP) is 2.64. The first-order valence-electron chi connectivity index (χ1n) is 6.22. The molecule has 1 amide bonds. The molecule has 21 heavy (non-hydrogen) atoms. The molecular weight excluding hydrogens is 424 g/mol. The van der Waals surface area contributed by atoms with E-state index >= 15 is 0 Å². The van der Waals surface area contributed by atoms with Crippen molar-refractivity contribution < 1.29 is 14.3 Å². The standard InChI is InChI=1S/C13H14Br2N2O3S/c1-20-13(19)8-4-7(14)5-9(15)11(8)17-12(18)10-6-21-3-2-16-10/h4-5,10,16H,2-3,6H2,1H3,(H,17,18). The van der Waals surface area contributed by atoms with Crippen molar-refractivity contribution in [2.24, 2.45) is 0 Å². The number of anilines is 1. The first-order valence-corrected chi connectivity index (χ1v) is 8.96. The van der Waals surface area contributed by atoms with E-state index in [4.69, 9.17) is 4.74 Å². The van der Waals surface area contributed by atoms with Gasteiger partial charge in [0.15, 0.2) is 0 Å². The Balaban J connectivity index is 2.25. The van der Waals surface area contributed by atoms with Crippen molar-refractivity contribution in [3.05, 3.63) is 26.6 Å². The molecule has 8 heteroatoms. The molecule has 1 atom stereocenters. The Labute approximate surface area is 143 Å². The van der Waals surface area contributed by atoms with Crippen molar-refractivity contribution in [3.8, 4) is 0 Å². The van der Waals surface area contributed by atoms with Gasteiger partial charge in [0.05, 0.1) is 24.4 Å². The SMILES string of the molecule is COC(=O)c1cc(Br)cc(Br)c1NC(=O)C1CSCCN1. The van der Waals surface area contributed by atoms with Gasteiger partial charge in [0.1, 0.15) is 0 Å². The number of hydrogen-bond donors (Lipinski definition) is 2. The van der Waals surface area contributed by atoms with Gasteiger partial charge in [-0.15, -0.1) is 0 Å². The third kappa shape index (κ3) is 4.21. The molecule has 2 N–H and O–H groups in total. The molecule has 114 valence electrons. The summed E-state index contributed by atoms with van der Waals surface area (Å²) in [7, 11) is 1.31. The molecule has 0 aliphatic carbocycles. The number of esters is 1. The second kappa shape index (κ2) is 7.62. The van der Waals surface area contributed by atoms with Crippen molar-refractivity contribution in [1.29, 1.82) is 0 Å². The van der Waals surface area contributed by atoms with Gasteiger partial charge in [0.2, 0.25) is 5.91 Å². The van der Waals surface area contributed by atoms with Crippen LogP contribution in [0, 0.1) is 0 Å². The summed E-state index contributed by atoms with van der Waals surface area (Å²) in [4.78, 5) is 24.2. The van der Waals surface area contributed by atoms with Gasteiger partial charge in [0, 0.05) is 27.0 Å². The average molecular weight is 438 g/mol. The molecule has 1 aliphatic heterocycles. The highest BCUT2D eigenvalue weighted by molar-refractivity contribution is 9.11. The van der Waals surface area contributed by atoms with E-state index in [0.717, 1.165) is 16.8 Å². The summed E-state index contributed by atoms with van der Waals surface area (Å²) in [5.74, 6) is 1.06. The molecule has 1 heterocycles. The summed E-state index contributed by atoms with van der Waals surface area (Å²) in [5, 5.41) is 5.97. The van der Waals surface area contributed by atoms with Crippen molar-refractivity contribution in [2.45, 2.75) is 6.04 Å². The number of thioether (sulfide) groups is 1. The van der Waals surface area contributed by atoms with Crippen molar-refractivity contribution in [1.82, 2.24) is 5.32 Å². The largest absolute Gasteiger partial charge is 0.465 e. The van der Waals surface area contributed by atoms with Gasteiger partial charge in [-0.2, -0.15) is 11.8 Å². The molecule has 1 fully saturated rings. The zero-order valence-corrected chi connectivity index (χ0v) is 15.2. The van der Waals surface area contributed by atoms with Gasteiger partial charge < -0.3 is 15.4 Å². The smallest absolute Gasteiger partial charge is 0.340 e. The Kier molecular flexibility index (Phi) is 6.09. The van der Waals surface area contributed by atoms with Gasteiger partial charge >= 0.3 is 5.97 Å². The van der Waals surface area contributed by atoms with Crippen LogP contribution in [0.3, 0.4) is 0 Å². The van der Waals surface area contributed by atoms with Crippen LogP contribution in [0.1, 0.15) is 10.4 Å². The van der Waals surface area contributed by atoms with E-state index in [9.17, 15) is 9.59 Å². The van der Waals surface area contributed by atoms with Gasteiger partial charge in [-0.05, 0) is 28.1 Å². The minimum Gasteiger partial charge on any atom is -0.465 e. The second-order valence-electron chi connectivity index (χ2n) is 4.37. The lowest BCUT2D eigenvalue weighted by atomic mass is 10.1. The molecule has 0 saturated carbocycles. The fraction of sp³-hybridized carbons (Fsp3) is 0.385. The molecule has 0 radical (unpaired) electrons. The van der Waals surface area contributed by atoms with E-state index in [1.165, 1.54) is 7.11 Å². The van der Waals surface area contributed by atoms with Crippen LogP contribution in [0.5, 0.6) is 0 Å². The highest BCUT2D eigenvalue weighted by Crippen LogP contribution is 2.31. The zero-order valence-electron chi connectivity index (χ0n) is 11.2. The Bertz CT molecular complexity index is 563. The van der Waals surface area contributed by atoms with Crippen LogP contribution in [0.4, 0.5) is 5.69 Å². The predicted molar refractivity (Wildman–Crippen MR) is 90.9 cm³/mol.